The number of rotatable bonds is 4. The van der Waals surface area contributed by atoms with Crippen LogP contribution in [0.2, 0.25) is 0 Å². The van der Waals surface area contributed by atoms with Gasteiger partial charge in [0.15, 0.2) is 0 Å². The number of allylic oxidation sites excluding steroid dienone is 1. The number of aromatic nitrogens is 4. The highest BCUT2D eigenvalue weighted by Crippen LogP contribution is 2.43. The zero-order valence-electron chi connectivity index (χ0n) is 17.5. The summed E-state index contributed by atoms with van der Waals surface area (Å²) in [6.07, 6.45) is 7.87. The fourth-order valence-electron chi connectivity index (χ4n) is 5.04. The van der Waals surface area contributed by atoms with Crippen LogP contribution in [0.5, 0.6) is 5.75 Å². The molecule has 160 valence electrons. The first kappa shape index (κ1) is 19.9. The quantitative estimate of drug-likeness (QED) is 0.659. The van der Waals surface area contributed by atoms with Gasteiger partial charge in [0, 0.05) is 41.5 Å². The fourth-order valence-corrected chi connectivity index (χ4v) is 5.04. The number of hydrogen-bond acceptors (Lipinski definition) is 5. The molecule has 2 fully saturated rings. The molecule has 2 bridgehead atoms. The monoisotopic (exact) mass is 419 g/mol. The number of nitrogens with one attached hydrogen (secondary N) is 1. The summed E-state index contributed by atoms with van der Waals surface area (Å²) in [4.78, 5) is 4.02. The van der Waals surface area contributed by atoms with Gasteiger partial charge in [-0.3, -0.25) is 0 Å². The van der Waals surface area contributed by atoms with E-state index in [2.05, 4.69) is 34.0 Å². The van der Waals surface area contributed by atoms with Crippen molar-refractivity contribution in [3.8, 4) is 22.7 Å². The average Bonchev–Trinajstić information content (AvgIpc) is 3.31. The Bertz CT molecular complexity index is 1100. The fraction of sp³-hybridized carbons (Fsp3) is 0.375. The summed E-state index contributed by atoms with van der Waals surface area (Å²) >= 11 is 0. The third-order valence-electron chi connectivity index (χ3n) is 6.72. The summed E-state index contributed by atoms with van der Waals surface area (Å²) in [7, 11) is 0. The summed E-state index contributed by atoms with van der Waals surface area (Å²) in [6.45, 7) is 6.37. The van der Waals surface area contributed by atoms with Gasteiger partial charge in [-0.25, -0.2) is 9.37 Å². The van der Waals surface area contributed by atoms with Crippen LogP contribution in [0.15, 0.2) is 55.6 Å². The molecule has 2 aliphatic rings. The molecule has 31 heavy (non-hydrogen) atoms. The lowest BCUT2D eigenvalue weighted by Crippen LogP contribution is -2.62. The first-order chi connectivity index (χ1) is 14.9. The number of hydrogen-bond donors (Lipinski definition) is 2. The minimum Gasteiger partial charge on any atom is -0.507 e. The van der Waals surface area contributed by atoms with Crippen LogP contribution in [0.3, 0.4) is 0 Å². The normalized spacial score (nSPS) is 27.7. The van der Waals surface area contributed by atoms with E-state index in [0.717, 1.165) is 24.9 Å². The molecule has 1 unspecified atom stereocenters. The number of benzene rings is 1. The summed E-state index contributed by atoms with van der Waals surface area (Å²) < 4.78 is 17.0. The van der Waals surface area contributed by atoms with Crippen LogP contribution < -0.4 is 5.32 Å². The largest absolute Gasteiger partial charge is 0.507 e. The van der Waals surface area contributed by atoms with Gasteiger partial charge in [0.2, 0.25) is 0 Å². The Labute approximate surface area is 180 Å². The van der Waals surface area contributed by atoms with E-state index in [1.54, 1.807) is 30.7 Å². The lowest BCUT2D eigenvalue weighted by Gasteiger charge is -2.49. The van der Waals surface area contributed by atoms with Gasteiger partial charge >= 0.3 is 0 Å². The molecule has 6 nitrogen and oxygen atoms in total. The van der Waals surface area contributed by atoms with Gasteiger partial charge in [-0.2, -0.15) is 5.10 Å². The lowest BCUT2D eigenvalue weighted by atomic mass is 9.69. The molecule has 1 aromatic carbocycles. The highest BCUT2D eigenvalue weighted by molar-refractivity contribution is 5.70. The zero-order chi connectivity index (χ0) is 21.6. The van der Waals surface area contributed by atoms with Gasteiger partial charge in [0.25, 0.3) is 0 Å². The highest BCUT2D eigenvalue weighted by atomic mass is 19.1. The maximum atomic E-state index is 15.2. The molecule has 0 amide bonds. The van der Waals surface area contributed by atoms with E-state index in [-0.39, 0.29) is 23.2 Å². The van der Waals surface area contributed by atoms with E-state index in [4.69, 9.17) is 0 Å². The summed E-state index contributed by atoms with van der Waals surface area (Å²) in [5, 5.41) is 22.6. The van der Waals surface area contributed by atoms with E-state index in [1.165, 1.54) is 0 Å². The second-order valence-electron chi connectivity index (χ2n) is 8.96. The van der Waals surface area contributed by atoms with Crippen LogP contribution in [0.1, 0.15) is 38.3 Å². The number of imidazole rings is 1. The predicted molar refractivity (Wildman–Crippen MR) is 117 cm³/mol. The molecule has 5 rings (SSSR count). The molecule has 2 aromatic heterocycles. The minimum absolute atomic E-state index is 0.0464. The van der Waals surface area contributed by atoms with E-state index < -0.39 is 6.17 Å². The van der Waals surface area contributed by atoms with Crippen LogP contribution >= 0.6 is 0 Å². The number of aromatic hydroxyl groups is 1. The van der Waals surface area contributed by atoms with Crippen molar-refractivity contribution in [3.63, 3.8) is 0 Å². The molecule has 7 heteroatoms. The number of piperidine rings is 2. The molecule has 4 heterocycles. The topological polar surface area (TPSA) is 75.9 Å². The van der Waals surface area contributed by atoms with Crippen molar-refractivity contribution in [2.75, 3.05) is 0 Å². The molecule has 0 spiro atoms. The molecule has 3 aromatic rings. The second-order valence-corrected chi connectivity index (χ2v) is 8.96. The Morgan fingerprint density at radius 1 is 1.29 bits per heavy atom. The van der Waals surface area contributed by atoms with Gasteiger partial charge in [-0.15, -0.1) is 5.10 Å². The van der Waals surface area contributed by atoms with Gasteiger partial charge in [0.05, 0.1) is 23.4 Å². The zero-order valence-corrected chi connectivity index (χ0v) is 17.5. The summed E-state index contributed by atoms with van der Waals surface area (Å²) in [6, 6.07) is 8.85. The third kappa shape index (κ3) is 3.63. The van der Waals surface area contributed by atoms with E-state index in [9.17, 15) is 5.11 Å². The Hall–Kier alpha value is -3.06. The summed E-state index contributed by atoms with van der Waals surface area (Å²) in [5.41, 5.74) is 3.20. The van der Waals surface area contributed by atoms with Crippen molar-refractivity contribution >= 4 is 5.57 Å². The van der Waals surface area contributed by atoms with Gasteiger partial charge in [0.1, 0.15) is 11.9 Å². The van der Waals surface area contributed by atoms with Gasteiger partial charge < -0.3 is 15.0 Å². The number of phenols is 1. The van der Waals surface area contributed by atoms with Gasteiger partial charge in [-0.05, 0) is 62.4 Å². The summed E-state index contributed by atoms with van der Waals surface area (Å²) in [5.74, 6) is -0.158. The van der Waals surface area contributed by atoms with Crippen molar-refractivity contribution in [1.82, 2.24) is 25.1 Å². The molecule has 2 aliphatic heterocycles. The smallest absolute Gasteiger partial charge is 0.127 e. The molecule has 0 saturated carbocycles. The van der Waals surface area contributed by atoms with E-state index in [1.807, 2.05) is 22.9 Å². The maximum Gasteiger partial charge on any atom is 0.127 e. The molecular weight excluding hydrogens is 393 g/mol. The van der Waals surface area contributed by atoms with Crippen LogP contribution in [-0.4, -0.2) is 42.6 Å². The van der Waals surface area contributed by atoms with Gasteiger partial charge in [-0.1, -0.05) is 6.58 Å². The first-order valence-corrected chi connectivity index (χ1v) is 10.7. The molecule has 2 N–H and O–H groups in total. The molecule has 0 aliphatic carbocycles. The third-order valence-corrected chi connectivity index (χ3v) is 6.72. The van der Waals surface area contributed by atoms with Crippen LogP contribution in [0.4, 0.5) is 4.39 Å². The lowest BCUT2D eigenvalue weighted by molar-refractivity contribution is 0.0525. The Kier molecular flexibility index (Phi) is 4.85. The van der Waals surface area contributed by atoms with Crippen molar-refractivity contribution in [1.29, 1.82) is 0 Å². The van der Waals surface area contributed by atoms with Crippen molar-refractivity contribution in [2.24, 2.45) is 5.92 Å². The predicted octanol–water partition coefficient (Wildman–Crippen LogP) is 4.31. The minimum atomic E-state index is -0.970. The molecule has 2 saturated heterocycles. The average molecular weight is 420 g/mol. The van der Waals surface area contributed by atoms with Crippen LogP contribution in [0.25, 0.3) is 22.5 Å². The standard InChI is InChI=1S/C24H26FN5O/c1-15(18-13-24(2)9-3-4-21(27-24)23(18)25)19-7-8-20(29-28-19)17-6-5-16(12-22(17)31)30-11-10-26-14-30/h5-8,10-12,14,18,21,23,27,31H,1,3-4,9,13H2,2H3/t18-,21?,23+,24+/m0/s1. The Balaban J connectivity index is 1.37. The van der Waals surface area contributed by atoms with E-state index >= 15 is 4.39 Å². The molecule has 4 atom stereocenters. The second kappa shape index (κ2) is 7.57. The maximum absolute atomic E-state index is 15.2. The van der Waals surface area contributed by atoms with Crippen LogP contribution in [-0.2, 0) is 0 Å². The van der Waals surface area contributed by atoms with E-state index in [0.29, 0.717) is 28.9 Å². The number of nitrogens with zero attached hydrogens (tertiary/aromatic N) is 4. The molecular formula is C24H26FN5O. The molecule has 0 radical (unpaired) electrons. The number of fused-ring (bicyclic) bond motifs is 2. The first-order valence-electron chi connectivity index (χ1n) is 10.7. The SMILES string of the molecule is C=C(c1ccc(-c2ccc(-n3ccnc3)cc2O)nn1)[C@@H]1C[C@@]2(C)CCCC(N2)[C@@H]1F. The Morgan fingerprint density at radius 2 is 2.16 bits per heavy atom. The highest BCUT2D eigenvalue weighted by Gasteiger charge is 2.46. The number of alkyl halides is 1. The van der Waals surface area contributed by atoms with Crippen molar-refractivity contribution in [3.05, 3.63) is 61.3 Å². The van der Waals surface area contributed by atoms with Crippen molar-refractivity contribution in [2.45, 2.75) is 50.4 Å². The number of halogens is 1. The van der Waals surface area contributed by atoms with Crippen LogP contribution in [0, 0.1) is 5.92 Å². The Morgan fingerprint density at radius 3 is 2.87 bits per heavy atom. The van der Waals surface area contributed by atoms with Crippen molar-refractivity contribution < 1.29 is 9.50 Å². The number of phenolic OH excluding ortho intramolecular Hbond substituents is 1.